The van der Waals surface area contributed by atoms with Crippen LogP contribution in [0.4, 0.5) is 16.0 Å². The van der Waals surface area contributed by atoms with Crippen molar-refractivity contribution in [2.24, 2.45) is 0 Å². The molecule has 33 heavy (non-hydrogen) atoms. The Hall–Kier alpha value is -3.48. The largest absolute Gasteiger partial charge is 0.494 e. The molecule has 1 saturated heterocycles. The van der Waals surface area contributed by atoms with E-state index >= 15 is 0 Å². The third-order valence-electron chi connectivity index (χ3n) is 5.72. The van der Waals surface area contributed by atoms with Gasteiger partial charge < -0.3 is 15.4 Å². The third kappa shape index (κ3) is 4.03. The number of hydrogen-bond donors (Lipinski definition) is 1. The minimum absolute atomic E-state index is 0.00875. The highest BCUT2D eigenvalue weighted by Crippen LogP contribution is 2.31. The van der Waals surface area contributed by atoms with E-state index in [2.05, 4.69) is 20.1 Å². The normalized spacial score (nSPS) is 17.2. The summed E-state index contributed by atoms with van der Waals surface area (Å²) in [6.45, 7) is 1.45. The number of ether oxygens (including phenoxy) is 1. The summed E-state index contributed by atoms with van der Waals surface area (Å²) in [6, 6.07) is 2.82. The van der Waals surface area contributed by atoms with Gasteiger partial charge in [-0.3, -0.25) is 4.68 Å². The van der Waals surface area contributed by atoms with E-state index in [1.165, 1.54) is 34.7 Å². The van der Waals surface area contributed by atoms with Gasteiger partial charge in [-0.25, -0.2) is 22.8 Å². The van der Waals surface area contributed by atoms with E-state index in [9.17, 15) is 12.8 Å². The molecular weight excluding hydrogens is 451 g/mol. The van der Waals surface area contributed by atoms with E-state index in [0.717, 1.165) is 25.1 Å². The van der Waals surface area contributed by atoms with Crippen molar-refractivity contribution in [1.82, 2.24) is 29.4 Å². The molecule has 1 aliphatic rings. The SMILES string of the molecule is COc1cc2nc(N)n3nc([C@@H]4CCCN(c5cnn(CS(C)(=O)=O)c5)C4)nc3c2cc1F. The van der Waals surface area contributed by atoms with Crippen molar-refractivity contribution in [1.29, 1.82) is 0 Å². The van der Waals surface area contributed by atoms with Crippen molar-refractivity contribution in [3.8, 4) is 5.75 Å². The van der Waals surface area contributed by atoms with Crippen LogP contribution in [-0.4, -0.2) is 64.2 Å². The van der Waals surface area contributed by atoms with Gasteiger partial charge in [0.25, 0.3) is 0 Å². The number of nitrogens with two attached hydrogens (primary N) is 1. The molecule has 0 amide bonds. The number of anilines is 2. The lowest BCUT2D eigenvalue weighted by Gasteiger charge is -2.32. The fourth-order valence-corrected chi connectivity index (χ4v) is 4.85. The average molecular weight is 475 g/mol. The molecule has 174 valence electrons. The quantitative estimate of drug-likeness (QED) is 0.458. The van der Waals surface area contributed by atoms with Crippen molar-refractivity contribution < 1.29 is 17.5 Å². The summed E-state index contributed by atoms with van der Waals surface area (Å²) in [6.07, 6.45) is 6.34. The maximum atomic E-state index is 14.4. The van der Waals surface area contributed by atoms with Crippen molar-refractivity contribution in [2.75, 3.05) is 37.1 Å². The Balaban J connectivity index is 1.47. The maximum Gasteiger partial charge on any atom is 0.223 e. The molecule has 11 nitrogen and oxygen atoms in total. The Bertz CT molecular complexity index is 1470. The zero-order chi connectivity index (χ0) is 23.3. The fraction of sp³-hybridized carbons (Fsp3) is 0.400. The summed E-state index contributed by atoms with van der Waals surface area (Å²) in [5.74, 6) is 0.157. The zero-order valence-corrected chi connectivity index (χ0v) is 19.0. The summed E-state index contributed by atoms with van der Waals surface area (Å²) in [4.78, 5) is 11.2. The minimum atomic E-state index is -3.19. The predicted molar refractivity (Wildman–Crippen MR) is 120 cm³/mol. The Morgan fingerprint density at radius 3 is 2.88 bits per heavy atom. The number of nitrogens with zero attached hydrogens (tertiary/aromatic N) is 7. The fourth-order valence-electron chi connectivity index (χ4n) is 4.23. The van der Waals surface area contributed by atoms with Crippen LogP contribution < -0.4 is 15.4 Å². The lowest BCUT2D eigenvalue weighted by molar-refractivity contribution is 0.387. The number of methoxy groups -OCH3 is 1. The first kappa shape index (κ1) is 21.4. The summed E-state index contributed by atoms with van der Waals surface area (Å²) < 4.78 is 45.3. The van der Waals surface area contributed by atoms with Gasteiger partial charge in [0.1, 0.15) is 5.88 Å². The van der Waals surface area contributed by atoms with Crippen LogP contribution in [0.1, 0.15) is 24.6 Å². The van der Waals surface area contributed by atoms with Crippen LogP contribution in [0.15, 0.2) is 24.5 Å². The smallest absolute Gasteiger partial charge is 0.223 e. The van der Waals surface area contributed by atoms with E-state index in [4.69, 9.17) is 15.5 Å². The van der Waals surface area contributed by atoms with Gasteiger partial charge in [-0.1, -0.05) is 0 Å². The monoisotopic (exact) mass is 474 g/mol. The van der Waals surface area contributed by atoms with E-state index in [0.29, 0.717) is 28.9 Å². The summed E-state index contributed by atoms with van der Waals surface area (Å²) in [7, 11) is -1.80. The molecule has 13 heteroatoms. The van der Waals surface area contributed by atoms with Gasteiger partial charge in [-0.15, -0.1) is 5.10 Å². The van der Waals surface area contributed by atoms with Crippen LogP contribution >= 0.6 is 0 Å². The van der Waals surface area contributed by atoms with Gasteiger partial charge in [-0.05, 0) is 18.9 Å². The molecule has 1 aromatic carbocycles. The number of nitrogen functional groups attached to an aromatic ring is 1. The maximum absolute atomic E-state index is 14.4. The number of benzene rings is 1. The van der Waals surface area contributed by atoms with E-state index in [1.54, 1.807) is 12.4 Å². The van der Waals surface area contributed by atoms with Crippen LogP contribution in [0.2, 0.25) is 0 Å². The van der Waals surface area contributed by atoms with Crippen molar-refractivity contribution >= 4 is 38.0 Å². The predicted octanol–water partition coefficient (Wildman–Crippen LogP) is 1.59. The highest BCUT2D eigenvalue weighted by Gasteiger charge is 2.27. The van der Waals surface area contributed by atoms with Gasteiger partial charge >= 0.3 is 0 Å². The van der Waals surface area contributed by atoms with Crippen molar-refractivity contribution in [3.05, 3.63) is 36.2 Å². The molecule has 5 rings (SSSR count). The van der Waals surface area contributed by atoms with Crippen LogP contribution in [0, 0.1) is 5.82 Å². The van der Waals surface area contributed by atoms with Crippen LogP contribution in [0.5, 0.6) is 5.75 Å². The number of sulfone groups is 1. The Labute approximate surface area is 188 Å². The molecule has 4 aromatic rings. The molecule has 1 atom stereocenters. The Morgan fingerprint density at radius 2 is 2.12 bits per heavy atom. The van der Waals surface area contributed by atoms with Gasteiger partial charge in [0.2, 0.25) is 5.95 Å². The number of halogens is 1. The summed E-state index contributed by atoms with van der Waals surface area (Å²) >= 11 is 0. The van der Waals surface area contributed by atoms with Crippen molar-refractivity contribution in [2.45, 2.75) is 24.6 Å². The van der Waals surface area contributed by atoms with Crippen LogP contribution in [0.25, 0.3) is 16.6 Å². The first-order valence-corrected chi connectivity index (χ1v) is 12.4. The number of hydrogen-bond acceptors (Lipinski definition) is 9. The minimum Gasteiger partial charge on any atom is -0.494 e. The molecule has 0 radical (unpaired) electrons. The first-order chi connectivity index (χ1) is 15.7. The van der Waals surface area contributed by atoms with E-state index in [1.807, 2.05) is 0 Å². The topological polar surface area (TPSA) is 134 Å². The molecule has 0 saturated carbocycles. The molecule has 1 aliphatic heterocycles. The van der Waals surface area contributed by atoms with Crippen LogP contribution in [-0.2, 0) is 15.7 Å². The van der Waals surface area contributed by atoms with Gasteiger partial charge in [0, 0.05) is 42.9 Å². The molecule has 0 bridgehead atoms. The lowest BCUT2D eigenvalue weighted by Crippen LogP contribution is -2.34. The Morgan fingerprint density at radius 1 is 1.30 bits per heavy atom. The molecular formula is C20H23FN8O3S. The average Bonchev–Trinajstić information content (AvgIpc) is 3.41. The molecule has 0 spiro atoms. The lowest BCUT2D eigenvalue weighted by atomic mass is 9.97. The number of aromatic nitrogens is 6. The molecule has 2 N–H and O–H groups in total. The van der Waals surface area contributed by atoms with E-state index < -0.39 is 15.7 Å². The number of fused-ring (bicyclic) bond motifs is 3. The summed E-state index contributed by atoms with van der Waals surface area (Å²) in [5.41, 5.74) is 7.86. The standard InChI is InChI=1S/C20H23FN8O3S/c1-32-17-7-16-14(6-15(17)21)19-25-18(26-29(19)20(22)24-16)12-4-3-5-27(9-12)13-8-23-28(10-13)11-33(2,30)31/h6-8,10,12H,3-5,9,11H2,1-2H3,(H2,22,24)/t12-/m1/s1. The third-order valence-corrected chi connectivity index (χ3v) is 6.46. The Kier molecular flexibility index (Phi) is 5.07. The highest BCUT2D eigenvalue weighted by molar-refractivity contribution is 7.89. The second-order valence-corrected chi connectivity index (χ2v) is 10.4. The summed E-state index contributed by atoms with van der Waals surface area (Å²) in [5, 5.41) is 9.24. The van der Waals surface area contributed by atoms with Gasteiger partial charge in [0.15, 0.2) is 32.9 Å². The first-order valence-electron chi connectivity index (χ1n) is 10.4. The van der Waals surface area contributed by atoms with E-state index in [-0.39, 0.29) is 23.5 Å². The van der Waals surface area contributed by atoms with Gasteiger partial charge in [-0.2, -0.15) is 9.61 Å². The highest BCUT2D eigenvalue weighted by atomic mass is 32.2. The van der Waals surface area contributed by atoms with Crippen molar-refractivity contribution in [3.63, 3.8) is 0 Å². The number of piperidine rings is 1. The van der Waals surface area contributed by atoms with Crippen LogP contribution in [0.3, 0.4) is 0 Å². The zero-order valence-electron chi connectivity index (χ0n) is 18.1. The number of rotatable bonds is 5. The molecule has 4 heterocycles. The van der Waals surface area contributed by atoms with Gasteiger partial charge in [0.05, 0.1) is 24.5 Å². The molecule has 0 unspecified atom stereocenters. The second-order valence-electron chi connectivity index (χ2n) is 8.26. The molecule has 1 fully saturated rings. The molecule has 3 aromatic heterocycles. The second kappa shape index (κ2) is 7.83. The molecule has 0 aliphatic carbocycles.